The first-order valence-electron chi connectivity index (χ1n) is 8.28. The average molecular weight is 491 g/mol. The largest absolute Gasteiger partial charge is 0.481 e. The Hall–Kier alpha value is -2.45. The van der Waals surface area contributed by atoms with E-state index in [-0.39, 0.29) is 6.10 Å². The maximum Gasteiger partial charge on any atom is 0.291 e. The van der Waals surface area contributed by atoms with E-state index in [1.165, 1.54) is 0 Å². The predicted molar refractivity (Wildman–Crippen MR) is 117 cm³/mol. The average Bonchev–Trinajstić information content (AvgIpc) is 3.16. The summed E-state index contributed by atoms with van der Waals surface area (Å²) in [5.41, 5.74) is 1.00. The van der Waals surface area contributed by atoms with Crippen LogP contribution in [0.1, 0.15) is 5.56 Å². The molecule has 0 fully saturated rings. The number of imidazole rings is 1. The van der Waals surface area contributed by atoms with Gasteiger partial charge < -0.3 is 14.5 Å². The number of halogens is 4. The fraction of sp³-hybridized carbons (Fsp3) is 0.105. The van der Waals surface area contributed by atoms with Gasteiger partial charge in [0, 0.05) is 22.4 Å². The van der Waals surface area contributed by atoms with Gasteiger partial charge in [-0.15, -0.1) is 10.1 Å². The molecule has 0 aliphatic heterocycles. The van der Waals surface area contributed by atoms with E-state index in [1.807, 2.05) is 47.2 Å². The van der Waals surface area contributed by atoms with Crippen LogP contribution in [0.5, 0.6) is 5.75 Å². The molecular formula is C19H15Cl4N3O4. The van der Waals surface area contributed by atoms with Gasteiger partial charge in [-0.2, -0.15) is 0 Å². The van der Waals surface area contributed by atoms with E-state index in [9.17, 15) is 0 Å². The summed E-state index contributed by atoms with van der Waals surface area (Å²) in [7, 11) is 0. The van der Waals surface area contributed by atoms with Gasteiger partial charge in [0.25, 0.3) is 5.09 Å². The number of hydrogen-bond donors (Lipinski definition) is 1. The van der Waals surface area contributed by atoms with Gasteiger partial charge in [0.2, 0.25) is 0 Å². The van der Waals surface area contributed by atoms with Crippen molar-refractivity contribution < 1.29 is 15.0 Å². The van der Waals surface area contributed by atoms with Crippen LogP contribution >= 0.6 is 46.4 Å². The summed E-state index contributed by atoms with van der Waals surface area (Å²) in [6.45, 7) is 0.541. The van der Waals surface area contributed by atoms with Crippen molar-refractivity contribution in [3.8, 4) is 5.75 Å². The Morgan fingerprint density at radius 2 is 1.73 bits per heavy atom. The molecule has 0 aliphatic rings. The monoisotopic (exact) mass is 489 g/mol. The molecule has 1 atom stereocenters. The number of benzene rings is 2. The van der Waals surface area contributed by atoms with Crippen molar-refractivity contribution in [2.45, 2.75) is 12.6 Å². The third kappa shape index (κ3) is 8.12. The molecule has 2 aromatic carbocycles. The van der Waals surface area contributed by atoms with Crippen molar-refractivity contribution in [2.24, 2.45) is 0 Å². The molecule has 0 saturated heterocycles. The molecule has 1 unspecified atom stereocenters. The maximum atomic E-state index is 8.36. The second kappa shape index (κ2) is 11.7. The Kier molecular flexibility index (Phi) is 9.26. The lowest BCUT2D eigenvalue weighted by Crippen LogP contribution is -2.20. The molecule has 7 nitrogen and oxygen atoms in total. The fourth-order valence-electron chi connectivity index (χ4n) is 2.33. The summed E-state index contributed by atoms with van der Waals surface area (Å²) in [5.74, 6) is 0.392. The van der Waals surface area contributed by atoms with Crippen LogP contribution in [0.4, 0.5) is 0 Å². The first-order valence-corrected chi connectivity index (χ1v) is 9.79. The minimum Gasteiger partial charge on any atom is -0.481 e. The SMILES string of the molecule is Clc1ccc(C=CC(Cn2ccnc2)Oc2c(Cl)cc(Cl)cc2Cl)cc1.O=[N+]([O-])O. The molecule has 0 amide bonds. The van der Waals surface area contributed by atoms with Crippen molar-refractivity contribution in [3.63, 3.8) is 0 Å². The first kappa shape index (κ1) is 23.8. The highest BCUT2D eigenvalue weighted by Crippen LogP contribution is 2.36. The molecule has 3 rings (SSSR count). The van der Waals surface area contributed by atoms with Crippen molar-refractivity contribution in [1.29, 1.82) is 0 Å². The van der Waals surface area contributed by atoms with Gasteiger partial charge in [-0.25, -0.2) is 4.98 Å². The molecule has 0 bridgehead atoms. The van der Waals surface area contributed by atoms with Gasteiger partial charge in [0.15, 0.2) is 5.75 Å². The van der Waals surface area contributed by atoms with Crippen molar-refractivity contribution in [3.05, 3.63) is 97.0 Å². The van der Waals surface area contributed by atoms with Crippen LogP contribution in [0, 0.1) is 10.1 Å². The molecule has 1 aromatic heterocycles. The van der Waals surface area contributed by atoms with Crippen LogP contribution in [-0.4, -0.2) is 25.9 Å². The zero-order valence-electron chi connectivity index (χ0n) is 15.2. The van der Waals surface area contributed by atoms with Gasteiger partial charge in [0.05, 0.1) is 22.9 Å². The molecule has 0 spiro atoms. The molecule has 3 aromatic rings. The van der Waals surface area contributed by atoms with Crippen LogP contribution in [0.3, 0.4) is 0 Å². The predicted octanol–water partition coefficient (Wildman–Crippen LogP) is 6.31. The topological polar surface area (TPSA) is 90.4 Å². The second-order valence-electron chi connectivity index (χ2n) is 5.76. The molecule has 0 saturated carbocycles. The van der Waals surface area contributed by atoms with Crippen molar-refractivity contribution >= 4 is 52.5 Å². The van der Waals surface area contributed by atoms with Gasteiger partial charge in [0.1, 0.15) is 6.10 Å². The lowest BCUT2D eigenvalue weighted by atomic mass is 10.2. The summed E-state index contributed by atoms with van der Waals surface area (Å²) in [6.07, 6.45) is 8.85. The van der Waals surface area contributed by atoms with Crippen LogP contribution in [-0.2, 0) is 6.54 Å². The Morgan fingerprint density at radius 3 is 2.27 bits per heavy atom. The highest BCUT2D eigenvalue weighted by molar-refractivity contribution is 6.40. The van der Waals surface area contributed by atoms with Crippen LogP contribution in [0.25, 0.3) is 6.08 Å². The summed E-state index contributed by atoms with van der Waals surface area (Å²) < 4.78 is 7.98. The number of aromatic nitrogens is 2. The Balaban J connectivity index is 0.000000735. The quantitative estimate of drug-likeness (QED) is 0.323. The fourth-order valence-corrected chi connectivity index (χ4v) is 3.36. The third-order valence-corrected chi connectivity index (χ3v) is 4.59. The Morgan fingerprint density at radius 1 is 1.13 bits per heavy atom. The number of rotatable bonds is 6. The second-order valence-corrected chi connectivity index (χ2v) is 7.45. The van der Waals surface area contributed by atoms with Gasteiger partial charge >= 0.3 is 0 Å². The standard InChI is InChI=1S/C19H14Cl4N2O.HNO3/c20-14-4-1-13(2-5-14)3-6-16(11-25-8-7-24-12-25)26-19-17(22)9-15(21)10-18(19)23;2-1(3)4/h1-10,12,16H,11H2;(H,2,3,4). The van der Waals surface area contributed by atoms with Gasteiger partial charge in [-0.05, 0) is 35.9 Å². The van der Waals surface area contributed by atoms with E-state index in [0.717, 1.165) is 5.56 Å². The molecule has 1 heterocycles. The van der Waals surface area contributed by atoms with E-state index >= 15 is 0 Å². The molecule has 0 aliphatic carbocycles. The summed E-state index contributed by atoms with van der Waals surface area (Å²) in [6, 6.07) is 10.7. The summed E-state index contributed by atoms with van der Waals surface area (Å²) in [5, 5.41) is 15.5. The zero-order valence-corrected chi connectivity index (χ0v) is 18.2. The number of hydrogen-bond acceptors (Lipinski definition) is 4. The van der Waals surface area contributed by atoms with Crippen molar-refractivity contribution in [2.75, 3.05) is 0 Å². The Labute approximate surface area is 192 Å². The van der Waals surface area contributed by atoms with Crippen LogP contribution in [0.15, 0.2) is 61.2 Å². The number of nitrogens with zero attached hydrogens (tertiary/aromatic N) is 3. The minimum absolute atomic E-state index is 0.323. The lowest BCUT2D eigenvalue weighted by Gasteiger charge is -2.18. The highest BCUT2D eigenvalue weighted by atomic mass is 35.5. The van der Waals surface area contributed by atoms with Gasteiger partial charge in [-0.3, -0.25) is 0 Å². The molecule has 1 N–H and O–H groups in total. The third-order valence-electron chi connectivity index (χ3n) is 3.56. The van der Waals surface area contributed by atoms with E-state index in [0.29, 0.717) is 32.4 Å². The zero-order chi connectivity index (χ0) is 22.1. The van der Waals surface area contributed by atoms with E-state index in [1.54, 1.807) is 24.7 Å². The molecule has 158 valence electrons. The van der Waals surface area contributed by atoms with Crippen molar-refractivity contribution in [1.82, 2.24) is 9.55 Å². The highest BCUT2D eigenvalue weighted by Gasteiger charge is 2.15. The molecule has 11 heteroatoms. The Bertz CT molecular complexity index is 969. The lowest BCUT2D eigenvalue weighted by molar-refractivity contribution is -0.742. The molecule has 0 radical (unpaired) electrons. The smallest absolute Gasteiger partial charge is 0.291 e. The van der Waals surface area contributed by atoms with E-state index in [4.69, 9.17) is 66.5 Å². The van der Waals surface area contributed by atoms with Crippen LogP contribution in [0.2, 0.25) is 20.1 Å². The minimum atomic E-state index is -1.50. The maximum absolute atomic E-state index is 8.36. The summed E-state index contributed by atoms with van der Waals surface area (Å²) in [4.78, 5) is 12.4. The van der Waals surface area contributed by atoms with E-state index < -0.39 is 5.09 Å². The van der Waals surface area contributed by atoms with E-state index in [2.05, 4.69) is 4.98 Å². The van der Waals surface area contributed by atoms with Gasteiger partial charge in [-0.1, -0.05) is 64.6 Å². The molecular weight excluding hydrogens is 476 g/mol. The summed E-state index contributed by atoms with van der Waals surface area (Å²) >= 11 is 24.4. The first-order chi connectivity index (χ1) is 14.2. The normalized spacial score (nSPS) is 11.6. The molecule has 30 heavy (non-hydrogen) atoms. The number of ether oxygens (including phenoxy) is 1. The van der Waals surface area contributed by atoms with Crippen LogP contribution < -0.4 is 4.74 Å².